The molecule has 3 heteroatoms. The Morgan fingerprint density at radius 2 is 2.15 bits per heavy atom. The zero-order valence-electron chi connectivity index (χ0n) is 7.93. The fraction of sp³-hybridized carbons (Fsp3) is 0.500. The number of nitrogens with two attached hydrogens (primary N) is 1. The van der Waals surface area contributed by atoms with Crippen molar-refractivity contribution in [2.24, 2.45) is 5.73 Å². The molecule has 0 aromatic heterocycles. The van der Waals surface area contributed by atoms with Crippen molar-refractivity contribution in [1.29, 1.82) is 0 Å². The van der Waals surface area contributed by atoms with Gasteiger partial charge in [0.2, 0.25) is 0 Å². The number of esters is 1. The Balaban J connectivity index is 2.78. The highest BCUT2D eigenvalue weighted by molar-refractivity contribution is 5.81. The van der Waals surface area contributed by atoms with Gasteiger partial charge in [0, 0.05) is 6.42 Å². The summed E-state index contributed by atoms with van der Waals surface area (Å²) in [5, 5.41) is 0. The van der Waals surface area contributed by atoms with E-state index < -0.39 is 5.54 Å². The summed E-state index contributed by atoms with van der Waals surface area (Å²) in [6.45, 7) is 7.66. The maximum Gasteiger partial charge on any atom is 0.326 e. The van der Waals surface area contributed by atoms with Gasteiger partial charge in [-0.1, -0.05) is 24.3 Å². The minimum absolute atomic E-state index is 0.360. The van der Waals surface area contributed by atoms with E-state index in [0.717, 1.165) is 17.6 Å². The van der Waals surface area contributed by atoms with E-state index in [2.05, 4.69) is 17.9 Å². The third-order valence-corrected chi connectivity index (χ3v) is 2.49. The van der Waals surface area contributed by atoms with Gasteiger partial charge >= 0.3 is 5.97 Å². The molecule has 0 aliphatic heterocycles. The number of rotatable bonds is 1. The molecule has 13 heavy (non-hydrogen) atoms. The standard InChI is InChI=1S/C10H15NO2/c1-7-4-5-10(11,6-8(7)2)9(12)13-3/h1-2,4-6,11H2,3H3/t10-/m1/s1. The summed E-state index contributed by atoms with van der Waals surface area (Å²) in [6.07, 6.45) is 1.78. The molecule has 1 aliphatic rings. The summed E-state index contributed by atoms with van der Waals surface area (Å²) in [5.74, 6) is -0.360. The lowest BCUT2D eigenvalue weighted by atomic mass is 9.78. The van der Waals surface area contributed by atoms with Gasteiger partial charge in [-0.15, -0.1) is 0 Å². The molecule has 0 heterocycles. The lowest BCUT2D eigenvalue weighted by Gasteiger charge is -2.32. The molecule has 0 spiro atoms. The van der Waals surface area contributed by atoms with Crippen LogP contribution in [0.15, 0.2) is 24.3 Å². The van der Waals surface area contributed by atoms with Gasteiger partial charge in [0.05, 0.1) is 7.11 Å². The monoisotopic (exact) mass is 181 g/mol. The van der Waals surface area contributed by atoms with Crippen molar-refractivity contribution < 1.29 is 9.53 Å². The van der Waals surface area contributed by atoms with Gasteiger partial charge in [-0.2, -0.15) is 0 Å². The molecule has 1 aliphatic carbocycles. The lowest BCUT2D eigenvalue weighted by molar-refractivity contribution is -0.147. The summed E-state index contributed by atoms with van der Waals surface area (Å²) in [6, 6.07) is 0. The van der Waals surface area contributed by atoms with Gasteiger partial charge in [-0.25, -0.2) is 0 Å². The second-order valence-corrected chi connectivity index (χ2v) is 3.53. The highest BCUT2D eigenvalue weighted by atomic mass is 16.5. The molecule has 1 atom stereocenters. The molecule has 1 rings (SSSR count). The van der Waals surface area contributed by atoms with Crippen LogP contribution in [-0.4, -0.2) is 18.6 Å². The molecule has 1 fully saturated rings. The van der Waals surface area contributed by atoms with Crippen LogP contribution in [0.25, 0.3) is 0 Å². The summed E-state index contributed by atoms with van der Waals surface area (Å²) >= 11 is 0. The Hall–Kier alpha value is -1.09. The molecule has 0 unspecified atom stereocenters. The van der Waals surface area contributed by atoms with Crippen LogP contribution >= 0.6 is 0 Å². The average molecular weight is 181 g/mol. The normalized spacial score (nSPS) is 28.8. The Kier molecular flexibility index (Phi) is 2.57. The van der Waals surface area contributed by atoms with E-state index in [0.29, 0.717) is 12.8 Å². The molecule has 0 radical (unpaired) electrons. The Labute approximate surface area is 78.3 Å². The van der Waals surface area contributed by atoms with Crippen LogP contribution in [0.4, 0.5) is 0 Å². The lowest BCUT2D eigenvalue weighted by Crippen LogP contribution is -2.50. The van der Waals surface area contributed by atoms with Crippen LogP contribution in [0, 0.1) is 0 Å². The first-order chi connectivity index (χ1) is 5.99. The predicted molar refractivity (Wildman–Crippen MR) is 51.1 cm³/mol. The summed E-state index contributed by atoms with van der Waals surface area (Å²) in [7, 11) is 1.35. The van der Waals surface area contributed by atoms with E-state index in [1.165, 1.54) is 7.11 Å². The number of ether oxygens (including phenoxy) is 1. The maximum absolute atomic E-state index is 11.3. The second kappa shape index (κ2) is 3.34. The summed E-state index contributed by atoms with van der Waals surface area (Å²) < 4.78 is 4.64. The molecule has 72 valence electrons. The van der Waals surface area contributed by atoms with Crippen LogP contribution in [0.5, 0.6) is 0 Å². The molecular weight excluding hydrogens is 166 g/mol. The fourth-order valence-electron chi connectivity index (χ4n) is 1.52. The molecule has 1 saturated carbocycles. The van der Waals surface area contributed by atoms with E-state index in [1.807, 2.05) is 0 Å². The van der Waals surface area contributed by atoms with Gasteiger partial charge in [-0.3, -0.25) is 4.79 Å². The Bertz CT molecular complexity index is 270. The van der Waals surface area contributed by atoms with Gasteiger partial charge in [0.1, 0.15) is 5.54 Å². The van der Waals surface area contributed by atoms with Crippen molar-refractivity contribution in [1.82, 2.24) is 0 Å². The van der Waals surface area contributed by atoms with Gasteiger partial charge in [-0.05, 0) is 12.8 Å². The van der Waals surface area contributed by atoms with E-state index in [-0.39, 0.29) is 5.97 Å². The van der Waals surface area contributed by atoms with Crippen molar-refractivity contribution >= 4 is 5.97 Å². The third kappa shape index (κ3) is 1.80. The van der Waals surface area contributed by atoms with Crippen LogP contribution in [0.3, 0.4) is 0 Å². The minimum atomic E-state index is -0.882. The Morgan fingerprint density at radius 3 is 2.62 bits per heavy atom. The largest absolute Gasteiger partial charge is 0.468 e. The fourth-order valence-corrected chi connectivity index (χ4v) is 1.52. The topological polar surface area (TPSA) is 52.3 Å². The molecule has 0 saturated heterocycles. The predicted octanol–water partition coefficient (Wildman–Crippen LogP) is 1.15. The quantitative estimate of drug-likeness (QED) is 0.617. The summed E-state index contributed by atoms with van der Waals surface area (Å²) in [4.78, 5) is 11.3. The van der Waals surface area contributed by atoms with E-state index >= 15 is 0 Å². The van der Waals surface area contributed by atoms with Crippen molar-refractivity contribution in [2.45, 2.75) is 24.8 Å². The average Bonchev–Trinajstić information content (AvgIpc) is 2.11. The third-order valence-electron chi connectivity index (χ3n) is 2.49. The number of methoxy groups -OCH3 is 1. The maximum atomic E-state index is 11.3. The smallest absolute Gasteiger partial charge is 0.326 e. The molecular formula is C10H15NO2. The number of hydrogen-bond donors (Lipinski definition) is 1. The van der Waals surface area contributed by atoms with Crippen molar-refractivity contribution in [3.8, 4) is 0 Å². The molecule has 0 aromatic rings. The zero-order chi connectivity index (χ0) is 10.1. The first-order valence-electron chi connectivity index (χ1n) is 4.23. The van der Waals surface area contributed by atoms with Crippen LogP contribution in [0.1, 0.15) is 19.3 Å². The minimum Gasteiger partial charge on any atom is -0.468 e. The van der Waals surface area contributed by atoms with Crippen LogP contribution in [0.2, 0.25) is 0 Å². The first-order valence-corrected chi connectivity index (χ1v) is 4.23. The van der Waals surface area contributed by atoms with Crippen LogP contribution < -0.4 is 5.73 Å². The van der Waals surface area contributed by atoms with E-state index in [4.69, 9.17) is 5.73 Å². The number of hydrogen-bond acceptors (Lipinski definition) is 3. The van der Waals surface area contributed by atoms with E-state index in [1.54, 1.807) is 0 Å². The summed E-state index contributed by atoms with van der Waals surface area (Å²) in [5.41, 5.74) is 6.86. The molecule has 3 nitrogen and oxygen atoms in total. The van der Waals surface area contributed by atoms with E-state index in [9.17, 15) is 4.79 Å². The van der Waals surface area contributed by atoms with Crippen molar-refractivity contribution in [2.75, 3.05) is 7.11 Å². The van der Waals surface area contributed by atoms with Gasteiger partial charge in [0.15, 0.2) is 0 Å². The molecule has 2 N–H and O–H groups in total. The SMILES string of the molecule is C=C1CC[C@](N)(C(=O)OC)CC1=C. The van der Waals surface area contributed by atoms with Gasteiger partial charge in [0.25, 0.3) is 0 Å². The zero-order valence-corrected chi connectivity index (χ0v) is 7.93. The number of carbonyl (C=O) groups excluding carboxylic acids is 1. The highest BCUT2D eigenvalue weighted by Gasteiger charge is 2.38. The number of carbonyl (C=O) groups is 1. The number of allylic oxidation sites excluding steroid dienone is 1. The van der Waals surface area contributed by atoms with Crippen molar-refractivity contribution in [3.63, 3.8) is 0 Å². The first kappa shape index (κ1) is 9.99. The van der Waals surface area contributed by atoms with Crippen molar-refractivity contribution in [3.05, 3.63) is 24.3 Å². The van der Waals surface area contributed by atoms with Crippen LogP contribution in [-0.2, 0) is 9.53 Å². The molecule has 0 aromatic carbocycles. The highest BCUT2D eigenvalue weighted by Crippen LogP contribution is 2.32. The molecule has 0 bridgehead atoms. The second-order valence-electron chi connectivity index (χ2n) is 3.53. The molecule has 0 amide bonds. The Morgan fingerprint density at radius 1 is 1.54 bits per heavy atom. The van der Waals surface area contributed by atoms with Gasteiger partial charge < -0.3 is 10.5 Å².